The number of rotatable bonds is 5. The molecule has 0 aromatic carbocycles. The van der Waals surface area contributed by atoms with Crippen LogP contribution < -0.4 is 0 Å². The van der Waals surface area contributed by atoms with Gasteiger partial charge in [0.25, 0.3) is 0 Å². The van der Waals surface area contributed by atoms with Gasteiger partial charge in [-0.1, -0.05) is 0 Å². The van der Waals surface area contributed by atoms with Gasteiger partial charge in [-0.2, -0.15) is 0 Å². The van der Waals surface area contributed by atoms with Gasteiger partial charge >= 0.3 is 11.9 Å². The maximum Gasteiger partial charge on any atom is 0.344 e. The Kier molecular flexibility index (Phi) is 5.15. The van der Waals surface area contributed by atoms with Gasteiger partial charge in [0.2, 0.25) is 0 Å². The normalized spacial score (nSPS) is 14.9. The predicted octanol–water partition coefficient (Wildman–Crippen LogP) is 0.816. The van der Waals surface area contributed by atoms with Crippen LogP contribution in [-0.4, -0.2) is 35.4 Å². The van der Waals surface area contributed by atoms with E-state index in [4.69, 9.17) is 9.84 Å². The van der Waals surface area contributed by atoms with E-state index < -0.39 is 24.1 Å². The first-order valence-corrected chi connectivity index (χ1v) is 4.43. The minimum Gasteiger partial charge on any atom is -0.479 e. The Morgan fingerprint density at radius 2 is 1.57 bits per heavy atom. The third kappa shape index (κ3) is 4.81. The highest BCUT2D eigenvalue weighted by molar-refractivity contribution is 5.79. The van der Waals surface area contributed by atoms with Crippen molar-refractivity contribution in [3.63, 3.8) is 0 Å². The summed E-state index contributed by atoms with van der Waals surface area (Å²) in [6.07, 6.45) is -1.98. The van der Waals surface area contributed by atoms with Crippen LogP contribution in [0.2, 0.25) is 0 Å². The summed E-state index contributed by atoms with van der Waals surface area (Å²) in [5, 5.41) is 8.48. The van der Waals surface area contributed by atoms with Crippen molar-refractivity contribution in [2.75, 3.05) is 0 Å². The maximum atomic E-state index is 11.2. The average molecular weight is 204 g/mol. The van der Waals surface area contributed by atoms with Crippen molar-refractivity contribution in [1.29, 1.82) is 0 Å². The van der Waals surface area contributed by atoms with Crippen molar-refractivity contribution in [3.05, 3.63) is 0 Å². The highest BCUT2D eigenvalue weighted by Gasteiger charge is 2.22. The number of carboxylic acids is 1. The molecule has 0 fully saturated rings. The van der Waals surface area contributed by atoms with Crippen LogP contribution in [0.1, 0.15) is 27.7 Å². The summed E-state index contributed by atoms with van der Waals surface area (Å²) in [6, 6.07) is 0. The Bertz CT molecular complexity index is 211. The second-order valence-corrected chi connectivity index (χ2v) is 3.24. The molecule has 2 atom stereocenters. The molecule has 0 amide bonds. The van der Waals surface area contributed by atoms with E-state index in [0.717, 1.165) is 0 Å². The van der Waals surface area contributed by atoms with Gasteiger partial charge in [0.05, 0.1) is 6.10 Å². The molecular formula is C9H16O5. The molecule has 82 valence electrons. The molecule has 0 bridgehead atoms. The number of ether oxygens (including phenoxy) is 2. The summed E-state index contributed by atoms with van der Waals surface area (Å²) >= 11 is 0. The lowest BCUT2D eigenvalue weighted by Gasteiger charge is -2.16. The molecule has 0 aromatic heterocycles. The predicted molar refractivity (Wildman–Crippen MR) is 48.9 cm³/mol. The van der Waals surface area contributed by atoms with E-state index >= 15 is 0 Å². The van der Waals surface area contributed by atoms with Gasteiger partial charge in [0, 0.05) is 0 Å². The van der Waals surface area contributed by atoms with Crippen LogP contribution in [0.3, 0.4) is 0 Å². The molecular weight excluding hydrogens is 188 g/mol. The summed E-state index contributed by atoms with van der Waals surface area (Å²) in [7, 11) is 0. The SMILES string of the molecule is CC(C)O[C@@H](C)C(=O)O[C@@H](C)C(=O)O. The Hall–Kier alpha value is -1.10. The molecule has 5 heteroatoms. The largest absolute Gasteiger partial charge is 0.479 e. The molecule has 0 rings (SSSR count). The minimum atomic E-state index is -1.17. The van der Waals surface area contributed by atoms with Crippen molar-refractivity contribution < 1.29 is 24.2 Å². The standard InChI is InChI=1S/C9H16O5/c1-5(2)13-7(4)9(12)14-6(3)8(10)11/h5-7H,1-4H3,(H,10,11)/t6-,7-/m0/s1. The molecule has 1 N–H and O–H groups in total. The van der Waals surface area contributed by atoms with Gasteiger partial charge in [-0.15, -0.1) is 0 Å². The average Bonchev–Trinajstić information content (AvgIpc) is 2.02. The zero-order chi connectivity index (χ0) is 11.3. The van der Waals surface area contributed by atoms with Crippen LogP contribution in [0.15, 0.2) is 0 Å². The summed E-state index contributed by atoms with van der Waals surface area (Å²) in [5.41, 5.74) is 0. The topological polar surface area (TPSA) is 72.8 Å². The first kappa shape index (κ1) is 12.9. The summed E-state index contributed by atoms with van der Waals surface area (Å²) in [6.45, 7) is 6.38. The van der Waals surface area contributed by atoms with Crippen molar-refractivity contribution in [1.82, 2.24) is 0 Å². The Morgan fingerprint density at radius 1 is 1.07 bits per heavy atom. The van der Waals surface area contributed by atoms with Gasteiger partial charge in [-0.05, 0) is 27.7 Å². The summed E-state index contributed by atoms with van der Waals surface area (Å²) in [4.78, 5) is 21.5. The van der Waals surface area contributed by atoms with E-state index in [1.165, 1.54) is 13.8 Å². The lowest BCUT2D eigenvalue weighted by molar-refractivity contribution is -0.172. The van der Waals surface area contributed by atoms with E-state index in [0.29, 0.717) is 0 Å². The second-order valence-electron chi connectivity index (χ2n) is 3.24. The first-order chi connectivity index (χ1) is 6.34. The van der Waals surface area contributed by atoms with Gasteiger partial charge in [-0.25, -0.2) is 9.59 Å². The third-order valence-electron chi connectivity index (χ3n) is 1.45. The number of carbonyl (C=O) groups excluding carboxylic acids is 1. The number of hydrogen-bond acceptors (Lipinski definition) is 4. The molecule has 0 aliphatic carbocycles. The van der Waals surface area contributed by atoms with Gasteiger partial charge in [-0.3, -0.25) is 0 Å². The fraction of sp³-hybridized carbons (Fsp3) is 0.778. The minimum absolute atomic E-state index is 0.0994. The molecule has 0 aliphatic rings. The van der Waals surface area contributed by atoms with E-state index in [1.54, 1.807) is 13.8 Å². The van der Waals surface area contributed by atoms with Gasteiger partial charge in [0.15, 0.2) is 12.2 Å². The summed E-state index contributed by atoms with van der Waals surface area (Å²) in [5.74, 6) is -1.83. The number of aliphatic carboxylic acids is 1. The highest BCUT2D eigenvalue weighted by atomic mass is 16.6. The highest BCUT2D eigenvalue weighted by Crippen LogP contribution is 2.02. The monoisotopic (exact) mass is 204 g/mol. The zero-order valence-corrected chi connectivity index (χ0v) is 8.81. The first-order valence-electron chi connectivity index (χ1n) is 4.43. The third-order valence-corrected chi connectivity index (χ3v) is 1.45. The molecule has 0 saturated heterocycles. The molecule has 0 saturated carbocycles. The molecule has 5 nitrogen and oxygen atoms in total. The Morgan fingerprint density at radius 3 is 1.93 bits per heavy atom. The Balaban J connectivity index is 4.01. The fourth-order valence-corrected chi connectivity index (χ4v) is 0.784. The number of carboxylic acid groups (broad SMARTS) is 1. The number of hydrogen-bond donors (Lipinski definition) is 1. The van der Waals surface area contributed by atoms with Crippen LogP contribution in [0.25, 0.3) is 0 Å². The number of carbonyl (C=O) groups is 2. The van der Waals surface area contributed by atoms with E-state index in [9.17, 15) is 9.59 Å². The van der Waals surface area contributed by atoms with Crippen LogP contribution in [-0.2, 0) is 19.1 Å². The molecule has 0 radical (unpaired) electrons. The van der Waals surface area contributed by atoms with Gasteiger partial charge < -0.3 is 14.6 Å². The molecule has 0 aromatic rings. The lowest BCUT2D eigenvalue weighted by atomic mass is 10.3. The smallest absolute Gasteiger partial charge is 0.344 e. The van der Waals surface area contributed by atoms with Crippen molar-refractivity contribution in [2.24, 2.45) is 0 Å². The van der Waals surface area contributed by atoms with Crippen molar-refractivity contribution in [2.45, 2.75) is 46.0 Å². The molecule has 0 spiro atoms. The maximum absolute atomic E-state index is 11.2. The van der Waals surface area contributed by atoms with E-state index in [1.807, 2.05) is 0 Å². The quantitative estimate of drug-likeness (QED) is 0.671. The lowest BCUT2D eigenvalue weighted by Crippen LogP contribution is -2.32. The van der Waals surface area contributed by atoms with Gasteiger partial charge in [0.1, 0.15) is 0 Å². The molecule has 0 unspecified atom stereocenters. The molecule has 0 heterocycles. The van der Waals surface area contributed by atoms with Crippen LogP contribution >= 0.6 is 0 Å². The van der Waals surface area contributed by atoms with Crippen LogP contribution in [0.4, 0.5) is 0 Å². The zero-order valence-electron chi connectivity index (χ0n) is 8.81. The van der Waals surface area contributed by atoms with Crippen molar-refractivity contribution in [3.8, 4) is 0 Å². The van der Waals surface area contributed by atoms with E-state index in [-0.39, 0.29) is 6.10 Å². The summed E-state index contributed by atoms with van der Waals surface area (Å²) < 4.78 is 9.74. The molecule has 14 heavy (non-hydrogen) atoms. The Labute approximate surface area is 83.0 Å². The van der Waals surface area contributed by atoms with E-state index in [2.05, 4.69) is 4.74 Å². The van der Waals surface area contributed by atoms with Crippen LogP contribution in [0.5, 0.6) is 0 Å². The van der Waals surface area contributed by atoms with Crippen molar-refractivity contribution >= 4 is 11.9 Å². The van der Waals surface area contributed by atoms with Crippen LogP contribution in [0, 0.1) is 0 Å². The number of esters is 1. The second kappa shape index (κ2) is 5.59. The fourth-order valence-electron chi connectivity index (χ4n) is 0.784. The molecule has 0 aliphatic heterocycles.